The molecule has 0 bridgehead atoms. The summed E-state index contributed by atoms with van der Waals surface area (Å²) in [7, 11) is 0. The van der Waals surface area contributed by atoms with Crippen LogP contribution in [0.25, 0.3) is 6.08 Å². The van der Waals surface area contributed by atoms with Crippen LogP contribution in [0, 0.1) is 5.82 Å². The molecule has 0 radical (unpaired) electrons. The van der Waals surface area contributed by atoms with Crippen LogP contribution < -0.4 is 0 Å². The van der Waals surface area contributed by atoms with Gasteiger partial charge in [0.15, 0.2) is 0 Å². The second-order valence-electron chi connectivity index (χ2n) is 6.61. The summed E-state index contributed by atoms with van der Waals surface area (Å²) in [6.45, 7) is 0. The molecule has 0 N–H and O–H groups in total. The van der Waals surface area contributed by atoms with Crippen molar-refractivity contribution in [2.45, 2.75) is 12.5 Å². The smallest absolute Gasteiger partial charge is 0.267 e. The number of halogens is 1. The van der Waals surface area contributed by atoms with Crippen LogP contribution in [0.4, 0.5) is 4.39 Å². The van der Waals surface area contributed by atoms with Crippen LogP contribution >= 0.6 is 0 Å². The molecule has 1 atom stereocenters. The van der Waals surface area contributed by atoms with Crippen LogP contribution in [-0.4, -0.2) is 16.6 Å². The normalized spacial score (nSPS) is 16.4. The lowest BCUT2D eigenvalue weighted by atomic mass is 9.98. The Morgan fingerprint density at radius 3 is 2.39 bits per heavy atom. The maximum atomic E-state index is 13.8. The van der Waals surface area contributed by atoms with Crippen molar-refractivity contribution in [1.82, 2.24) is 5.01 Å². The molecule has 0 saturated carbocycles. The molecule has 1 heterocycles. The first kappa shape index (κ1) is 17.9. The molecule has 0 aliphatic carbocycles. The van der Waals surface area contributed by atoms with Gasteiger partial charge in [0.1, 0.15) is 5.82 Å². The van der Waals surface area contributed by atoms with E-state index in [-0.39, 0.29) is 17.8 Å². The first-order valence-electron chi connectivity index (χ1n) is 9.15. The number of hydrogen-bond donors (Lipinski definition) is 0. The number of carbonyl (C=O) groups is 1. The highest BCUT2D eigenvalue weighted by Gasteiger charge is 2.32. The number of nitrogens with zero attached hydrogens (tertiary/aromatic N) is 2. The van der Waals surface area contributed by atoms with Gasteiger partial charge in [0.05, 0.1) is 11.8 Å². The lowest BCUT2D eigenvalue weighted by Crippen LogP contribution is -2.25. The SMILES string of the molecule is O=C(C=Cc1ccccc1)N1N=C(c2ccccc2)CC1c1cccc(F)c1. The molecule has 138 valence electrons. The topological polar surface area (TPSA) is 32.7 Å². The molecule has 4 rings (SSSR count). The zero-order chi connectivity index (χ0) is 19.3. The molecule has 0 saturated heterocycles. The molecule has 1 unspecified atom stereocenters. The van der Waals surface area contributed by atoms with Crippen molar-refractivity contribution in [3.63, 3.8) is 0 Å². The van der Waals surface area contributed by atoms with Crippen molar-refractivity contribution in [3.05, 3.63) is 114 Å². The Hall–Kier alpha value is -3.53. The standard InChI is InChI=1S/C24H19FN2O/c25-21-13-7-12-20(16-21)23-17-22(19-10-5-2-6-11-19)26-27(23)24(28)15-14-18-8-3-1-4-9-18/h1-16,23H,17H2. The van der Waals surface area contributed by atoms with Crippen LogP contribution in [0.2, 0.25) is 0 Å². The summed E-state index contributed by atoms with van der Waals surface area (Å²) in [6.07, 6.45) is 3.82. The van der Waals surface area contributed by atoms with Gasteiger partial charge >= 0.3 is 0 Å². The molecule has 1 aliphatic rings. The van der Waals surface area contributed by atoms with Crippen molar-refractivity contribution >= 4 is 17.7 Å². The first-order chi connectivity index (χ1) is 13.7. The highest BCUT2D eigenvalue weighted by molar-refractivity contribution is 6.04. The van der Waals surface area contributed by atoms with Gasteiger partial charge in [-0.3, -0.25) is 4.79 Å². The van der Waals surface area contributed by atoms with E-state index in [2.05, 4.69) is 5.10 Å². The van der Waals surface area contributed by atoms with Gasteiger partial charge in [0.2, 0.25) is 0 Å². The fraction of sp³-hybridized carbons (Fsp3) is 0.0833. The van der Waals surface area contributed by atoms with Gasteiger partial charge in [-0.05, 0) is 34.9 Å². The van der Waals surface area contributed by atoms with E-state index in [4.69, 9.17) is 0 Å². The Bertz CT molecular complexity index is 1030. The molecule has 0 aromatic heterocycles. The minimum Gasteiger partial charge on any atom is -0.268 e. The zero-order valence-electron chi connectivity index (χ0n) is 15.2. The summed E-state index contributed by atoms with van der Waals surface area (Å²) >= 11 is 0. The maximum Gasteiger partial charge on any atom is 0.267 e. The van der Waals surface area contributed by atoms with Gasteiger partial charge in [-0.15, -0.1) is 0 Å². The predicted octanol–water partition coefficient (Wildman–Crippen LogP) is 5.22. The highest BCUT2D eigenvalue weighted by atomic mass is 19.1. The van der Waals surface area contributed by atoms with Crippen LogP contribution in [0.15, 0.2) is 96.1 Å². The molecular formula is C24H19FN2O. The quantitative estimate of drug-likeness (QED) is 0.580. The summed E-state index contributed by atoms with van der Waals surface area (Å²) < 4.78 is 13.8. The third-order valence-electron chi connectivity index (χ3n) is 4.69. The minimum absolute atomic E-state index is 0.232. The average Bonchev–Trinajstić information content (AvgIpc) is 3.19. The Morgan fingerprint density at radius 1 is 0.964 bits per heavy atom. The molecule has 3 aromatic rings. The van der Waals surface area contributed by atoms with E-state index in [0.717, 1.165) is 22.4 Å². The molecule has 1 aliphatic heterocycles. The molecular weight excluding hydrogens is 351 g/mol. The molecule has 0 fully saturated rings. The van der Waals surface area contributed by atoms with Gasteiger partial charge < -0.3 is 0 Å². The van der Waals surface area contributed by atoms with Crippen LogP contribution in [0.1, 0.15) is 29.2 Å². The third kappa shape index (κ3) is 3.91. The van der Waals surface area contributed by atoms with Crippen molar-refractivity contribution in [2.24, 2.45) is 5.10 Å². The molecule has 3 aromatic carbocycles. The minimum atomic E-state index is -0.334. The van der Waals surface area contributed by atoms with Gasteiger partial charge in [0.25, 0.3) is 5.91 Å². The Kier molecular flexibility index (Phi) is 5.11. The summed E-state index contributed by atoms with van der Waals surface area (Å²) in [4.78, 5) is 12.9. The van der Waals surface area contributed by atoms with E-state index < -0.39 is 0 Å². The number of amides is 1. The summed E-state index contributed by atoms with van der Waals surface area (Å²) in [5.74, 6) is -0.554. The van der Waals surface area contributed by atoms with Crippen LogP contribution in [0.3, 0.4) is 0 Å². The number of hydrazone groups is 1. The third-order valence-corrected chi connectivity index (χ3v) is 4.69. The summed E-state index contributed by atoms with van der Waals surface area (Å²) in [6, 6.07) is 25.4. The van der Waals surface area contributed by atoms with Gasteiger partial charge in [-0.1, -0.05) is 72.8 Å². The molecule has 1 amide bonds. The zero-order valence-corrected chi connectivity index (χ0v) is 15.2. The van der Waals surface area contributed by atoms with Crippen LogP contribution in [0.5, 0.6) is 0 Å². The largest absolute Gasteiger partial charge is 0.268 e. The van der Waals surface area contributed by atoms with E-state index >= 15 is 0 Å². The molecule has 0 spiro atoms. The second-order valence-corrected chi connectivity index (χ2v) is 6.61. The molecule has 4 heteroatoms. The van der Waals surface area contributed by atoms with Crippen molar-refractivity contribution < 1.29 is 9.18 Å². The number of rotatable bonds is 4. The average molecular weight is 370 g/mol. The lowest BCUT2D eigenvalue weighted by molar-refractivity contribution is -0.127. The monoisotopic (exact) mass is 370 g/mol. The fourth-order valence-electron chi connectivity index (χ4n) is 3.30. The van der Waals surface area contributed by atoms with Gasteiger partial charge in [-0.25, -0.2) is 9.40 Å². The van der Waals surface area contributed by atoms with E-state index in [1.54, 1.807) is 12.1 Å². The Morgan fingerprint density at radius 2 is 1.68 bits per heavy atom. The number of benzene rings is 3. The number of hydrogen-bond acceptors (Lipinski definition) is 2. The van der Waals surface area contributed by atoms with Crippen molar-refractivity contribution in [3.8, 4) is 0 Å². The van der Waals surface area contributed by atoms with Gasteiger partial charge in [0, 0.05) is 12.5 Å². The van der Waals surface area contributed by atoms with Crippen molar-refractivity contribution in [1.29, 1.82) is 0 Å². The number of carbonyl (C=O) groups excluding carboxylic acids is 1. The van der Waals surface area contributed by atoms with E-state index in [1.165, 1.54) is 23.2 Å². The van der Waals surface area contributed by atoms with Gasteiger partial charge in [-0.2, -0.15) is 5.10 Å². The summed E-state index contributed by atoms with van der Waals surface area (Å²) in [5.41, 5.74) is 3.45. The van der Waals surface area contributed by atoms with E-state index in [0.29, 0.717) is 6.42 Å². The van der Waals surface area contributed by atoms with Crippen LogP contribution in [-0.2, 0) is 4.79 Å². The van der Waals surface area contributed by atoms with E-state index in [9.17, 15) is 9.18 Å². The predicted molar refractivity (Wildman–Crippen MR) is 109 cm³/mol. The maximum absolute atomic E-state index is 13.8. The molecule has 28 heavy (non-hydrogen) atoms. The first-order valence-corrected chi connectivity index (χ1v) is 9.15. The Balaban J connectivity index is 1.65. The Labute approximate surface area is 163 Å². The lowest BCUT2D eigenvalue weighted by Gasteiger charge is -2.20. The summed E-state index contributed by atoms with van der Waals surface area (Å²) in [5, 5.41) is 6.04. The van der Waals surface area contributed by atoms with Crippen molar-refractivity contribution in [2.75, 3.05) is 0 Å². The highest BCUT2D eigenvalue weighted by Crippen LogP contribution is 2.33. The fourth-order valence-corrected chi connectivity index (χ4v) is 3.30. The van der Waals surface area contributed by atoms with E-state index in [1.807, 2.05) is 66.7 Å². The second kappa shape index (κ2) is 8.01. The molecule has 3 nitrogen and oxygen atoms in total.